The van der Waals surface area contributed by atoms with Crippen molar-refractivity contribution in [1.29, 1.82) is 0 Å². The lowest BCUT2D eigenvalue weighted by Crippen LogP contribution is -2.19. The van der Waals surface area contributed by atoms with E-state index in [1.165, 1.54) is 12.1 Å². The fourth-order valence-corrected chi connectivity index (χ4v) is 4.15. The van der Waals surface area contributed by atoms with Gasteiger partial charge in [-0.2, -0.15) is 0 Å². The van der Waals surface area contributed by atoms with Crippen LogP contribution in [0.4, 0.5) is 11.4 Å². The normalized spacial score (nSPS) is 18.6. The molecular formula is C23H24ClN5O. The minimum atomic E-state index is -0.315. The van der Waals surface area contributed by atoms with Crippen LogP contribution in [0.1, 0.15) is 48.5 Å². The monoisotopic (exact) mass is 421 g/mol. The SMILES string of the molecule is CC1CCN(c2ccc(NC(=O)c3nc(C4CC4)n(-c4ccccc4Cl)n3)cc2)C1. The van der Waals surface area contributed by atoms with Crippen LogP contribution in [0.5, 0.6) is 0 Å². The summed E-state index contributed by atoms with van der Waals surface area (Å²) in [5.41, 5.74) is 2.67. The van der Waals surface area contributed by atoms with Gasteiger partial charge in [-0.1, -0.05) is 30.7 Å². The molecular weight excluding hydrogens is 398 g/mol. The number of nitrogens with zero attached hydrogens (tertiary/aromatic N) is 4. The van der Waals surface area contributed by atoms with Crippen molar-refractivity contribution in [1.82, 2.24) is 14.8 Å². The van der Waals surface area contributed by atoms with Gasteiger partial charge < -0.3 is 10.2 Å². The van der Waals surface area contributed by atoms with Crippen molar-refractivity contribution in [2.24, 2.45) is 5.92 Å². The Balaban J connectivity index is 1.35. The van der Waals surface area contributed by atoms with E-state index in [4.69, 9.17) is 11.6 Å². The number of hydrogen-bond donors (Lipinski definition) is 1. The molecule has 0 bridgehead atoms. The van der Waals surface area contributed by atoms with Gasteiger partial charge in [0.05, 0.1) is 10.7 Å². The number of para-hydroxylation sites is 1. The van der Waals surface area contributed by atoms with Gasteiger partial charge in [0.25, 0.3) is 5.91 Å². The lowest BCUT2D eigenvalue weighted by molar-refractivity contribution is 0.101. The molecule has 0 radical (unpaired) electrons. The zero-order valence-electron chi connectivity index (χ0n) is 16.9. The standard InChI is InChI=1S/C23H24ClN5O/c1-15-12-13-28(14-15)18-10-8-17(9-11-18)25-23(30)21-26-22(16-6-7-16)29(27-21)20-5-3-2-4-19(20)24/h2-5,8-11,15-16H,6-7,12-14H2,1H3,(H,25,30). The highest BCUT2D eigenvalue weighted by atomic mass is 35.5. The molecule has 6 nitrogen and oxygen atoms in total. The van der Waals surface area contributed by atoms with Crippen LogP contribution in [-0.4, -0.2) is 33.8 Å². The van der Waals surface area contributed by atoms with Gasteiger partial charge in [0.1, 0.15) is 5.82 Å². The molecule has 1 unspecified atom stereocenters. The first kappa shape index (κ1) is 19.1. The molecule has 1 atom stereocenters. The first-order valence-corrected chi connectivity index (χ1v) is 10.8. The second kappa shape index (κ2) is 7.76. The summed E-state index contributed by atoms with van der Waals surface area (Å²) in [6.45, 7) is 4.44. The quantitative estimate of drug-likeness (QED) is 0.636. The van der Waals surface area contributed by atoms with Crippen LogP contribution in [0.25, 0.3) is 5.69 Å². The molecule has 1 N–H and O–H groups in total. The Morgan fingerprint density at radius 2 is 1.87 bits per heavy atom. The van der Waals surface area contributed by atoms with Crippen molar-refractivity contribution in [2.75, 3.05) is 23.3 Å². The topological polar surface area (TPSA) is 63.1 Å². The molecule has 1 aromatic heterocycles. The maximum atomic E-state index is 12.8. The number of carbonyl (C=O) groups excluding carboxylic acids is 1. The summed E-state index contributed by atoms with van der Waals surface area (Å²) in [7, 11) is 0. The fourth-order valence-electron chi connectivity index (χ4n) is 3.94. The molecule has 30 heavy (non-hydrogen) atoms. The second-order valence-corrected chi connectivity index (χ2v) is 8.68. The maximum Gasteiger partial charge on any atom is 0.295 e. The highest BCUT2D eigenvalue weighted by molar-refractivity contribution is 6.32. The molecule has 154 valence electrons. The van der Waals surface area contributed by atoms with Crippen LogP contribution in [-0.2, 0) is 0 Å². The fraction of sp³-hybridized carbons (Fsp3) is 0.348. The molecule has 5 rings (SSSR count). The van der Waals surface area contributed by atoms with E-state index in [-0.39, 0.29) is 11.7 Å². The van der Waals surface area contributed by atoms with E-state index in [0.717, 1.165) is 49.0 Å². The summed E-state index contributed by atoms with van der Waals surface area (Å²) in [6.07, 6.45) is 3.34. The van der Waals surface area contributed by atoms with Crippen LogP contribution in [0.2, 0.25) is 5.02 Å². The van der Waals surface area contributed by atoms with Crippen LogP contribution in [0.15, 0.2) is 48.5 Å². The molecule has 1 saturated carbocycles. The van der Waals surface area contributed by atoms with E-state index < -0.39 is 0 Å². The molecule has 1 aliphatic carbocycles. The van der Waals surface area contributed by atoms with Crippen LogP contribution in [0.3, 0.4) is 0 Å². The van der Waals surface area contributed by atoms with Gasteiger partial charge in [0, 0.05) is 30.4 Å². The van der Waals surface area contributed by atoms with Gasteiger partial charge in [-0.05, 0) is 61.6 Å². The predicted octanol–water partition coefficient (Wildman–Crippen LogP) is 4.90. The molecule has 2 aliphatic rings. The van der Waals surface area contributed by atoms with E-state index in [9.17, 15) is 4.79 Å². The molecule has 1 aliphatic heterocycles. The lowest BCUT2D eigenvalue weighted by atomic mass is 10.2. The Labute approximate surface area is 180 Å². The van der Waals surface area contributed by atoms with Crippen molar-refractivity contribution in [3.8, 4) is 5.69 Å². The first-order chi connectivity index (χ1) is 14.6. The van der Waals surface area contributed by atoms with Crippen molar-refractivity contribution in [3.05, 3.63) is 65.2 Å². The molecule has 2 fully saturated rings. The van der Waals surface area contributed by atoms with Crippen molar-refractivity contribution in [2.45, 2.75) is 32.1 Å². The molecule has 7 heteroatoms. The highest BCUT2D eigenvalue weighted by Crippen LogP contribution is 2.40. The Morgan fingerprint density at radius 1 is 1.10 bits per heavy atom. The third-order valence-corrected chi connectivity index (χ3v) is 6.09. The third-order valence-electron chi connectivity index (χ3n) is 5.77. The van der Waals surface area contributed by atoms with E-state index >= 15 is 0 Å². The maximum absolute atomic E-state index is 12.8. The third kappa shape index (κ3) is 3.79. The van der Waals surface area contributed by atoms with E-state index in [2.05, 4.69) is 39.4 Å². The van der Waals surface area contributed by atoms with Gasteiger partial charge in [-0.25, -0.2) is 9.67 Å². The Bertz CT molecular complexity index is 1070. The first-order valence-electron chi connectivity index (χ1n) is 10.5. The Kier molecular flexibility index (Phi) is 4.95. The number of aromatic nitrogens is 3. The van der Waals surface area contributed by atoms with Crippen LogP contribution < -0.4 is 10.2 Å². The number of benzene rings is 2. The molecule has 2 aromatic carbocycles. The zero-order valence-corrected chi connectivity index (χ0v) is 17.6. The molecule has 1 amide bonds. The smallest absolute Gasteiger partial charge is 0.295 e. The van der Waals surface area contributed by atoms with E-state index in [0.29, 0.717) is 10.9 Å². The molecule has 3 aromatic rings. The zero-order chi connectivity index (χ0) is 20.7. The Hall–Kier alpha value is -2.86. The number of carbonyl (C=O) groups is 1. The number of nitrogens with one attached hydrogen (secondary N) is 1. The van der Waals surface area contributed by atoms with E-state index in [1.807, 2.05) is 36.4 Å². The summed E-state index contributed by atoms with van der Waals surface area (Å²) in [4.78, 5) is 19.8. The van der Waals surface area contributed by atoms with Crippen molar-refractivity contribution >= 4 is 28.9 Å². The predicted molar refractivity (Wildman–Crippen MR) is 119 cm³/mol. The van der Waals surface area contributed by atoms with Gasteiger partial charge in [-0.3, -0.25) is 4.79 Å². The van der Waals surface area contributed by atoms with E-state index in [1.54, 1.807) is 4.68 Å². The number of amides is 1. The summed E-state index contributed by atoms with van der Waals surface area (Å²) >= 11 is 6.36. The van der Waals surface area contributed by atoms with Gasteiger partial charge in [-0.15, -0.1) is 5.10 Å². The minimum absolute atomic E-state index is 0.161. The number of hydrogen-bond acceptors (Lipinski definition) is 4. The largest absolute Gasteiger partial charge is 0.371 e. The van der Waals surface area contributed by atoms with Crippen molar-refractivity contribution in [3.63, 3.8) is 0 Å². The number of anilines is 2. The van der Waals surface area contributed by atoms with Gasteiger partial charge in [0.2, 0.25) is 5.82 Å². The van der Waals surface area contributed by atoms with Gasteiger partial charge >= 0.3 is 0 Å². The highest BCUT2D eigenvalue weighted by Gasteiger charge is 2.32. The Morgan fingerprint density at radius 3 is 2.53 bits per heavy atom. The second-order valence-electron chi connectivity index (χ2n) is 8.27. The average Bonchev–Trinajstić information content (AvgIpc) is 3.35. The van der Waals surface area contributed by atoms with Crippen LogP contribution >= 0.6 is 11.6 Å². The summed E-state index contributed by atoms with van der Waals surface area (Å²) < 4.78 is 1.71. The lowest BCUT2D eigenvalue weighted by Gasteiger charge is -2.18. The molecule has 2 heterocycles. The number of halogens is 1. The molecule has 1 saturated heterocycles. The molecule has 0 spiro atoms. The van der Waals surface area contributed by atoms with Crippen molar-refractivity contribution < 1.29 is 4.79 Å². The number of rotatable bonds is 5. The minimum Gasteiger partial charge on any atom is -0.371 e. The van der Waals surface area contributed by atoms with Gasteiger partial charge in [0.15, 0.2) is 0 Å². The average molecular weight is 422 g/mol. The summed E-state index contributed by atoms with van der Waals surface area (Å²) in [5.74, 6) is 1.70. The summed E-state index contributed by atoms with van der Waals surface area (Å²) in [6, 6.07) is 15.5. The van der Waals surface area contributed by atoms with Crippen LogP contribution in [0, 0.1) is 5.92 Å². The summed E-state index contributed by atoms with van der Waals surface area (Å²) in [5, 5.41) is 8.00.